The number of ether oxygens (including phenoxy) is 3. The van der Waals surface area contributed by atoms with Crippen LogP contribution in [0.4, 0.5) is 11.4 Å². The number of nitrogens with one attached hydrogen (secondary N) is 2. The van der Waals surface area contributed by atoms with Crippen molar-refractivity contribution < 1.29 is 32.3 Å². The number of aromatic amines is 1. The highest BCUT2D eigenvalue weighted by atomic mass is 35.5. The molecule has 0 radical (unpaired) electrons. The fraction of sp³-hybridized carbons (Fsp3) is 0.400. The van der Waals surface area contributed by atoms with Crippen LogP contribution in [0.3, 0.4) is 0 Å². The molecule has 2 aliphatic heterocycles. The molecule has 0 bridgehead atoms. The van der Waals surface area contributed by atoms with E-state index in [9.17, 15) is 23.3 Å². The molecule has 62 heavy (non-hydrogen) atoms. The lowest BCUT2D eigenvalue weighted by atomic mass is 9.59. The predicted octanol–water partition coefficient (Wildman–Crippen LogP) is 7.71. The summed E-state index contributed by atoms with van der Waals surface area (Å²) in [7, 11) is -4.54. The van der Waals surface area contributed by atoms with Crippen LogP contribution in [0.25, 0.3) is 16.6 Å². The van der Waals surface area contributed by atoms with E-state index in [1.807, 2.05) is 24.3 Å². The number of hydrogen-bond acceptors (Lipinski definition) is 12. The van der Waals surface area contributed by atoms with E-state index in [-0.39, 0.29) is 23.9 Å². The van der Waals surface area contributed by atoms with Gasteiger partial charge in [0, 0.05) is 61.0 Å². The van der Waals surface area contributed by atoms with Crippen molar-refractivity contribution in [1.29, 1.82) is 0 Å². The van der Waals surface area contributed by atoms with E-state index in [4.69, 9.17) is 25.8 Å². The zero-order valence-corrected chi connectivity index (χ0v) is 35.8. The Labute approximate surface area is 364 Å². The highest BCUT2D eigenvalue weighted by molar-refractivity contribution is 7.90. The number of halogens is 1. The standard InChI is InChI=1S/C45H48ClN7O8S/c46-34-6-2-30(3-7-34)38-25-45(12-1-13-45)14-10-33(38)28-51-16-18-52(19-17-51)41-24-39(48-27-42(41)61-36-22-32-11-15-47-43(32)49-26-36)44(54)50-62(57,58)37-9-5-31(40(23-37)53(55)56)4-8-35-29-59-20-21-60-35/h2-3,5-7,9,11,15,22-24,26-27,35H,1,4,8,10,12-14,16-21,25,28-29H2,(H,47,49)(H,50,54)/t35-/m0/s1. The number of rotatable bonds is 13. The molecule has 1 amide bonds. The number of anilines is 1. The minimum atomic E-state index is -4.54. The number of nitro groups is 1. The highest BCUT2D eigenvalue weighted by Gasteiger charge is 2.41. The van der Waals surface area contributed by atoms with Gasteiger partial charge in [0.15, 0.2) is 5.75 Å². The van der Waals surface area contributed by atoms with E-state index in [0.29, 0.717) is 73.1 Å². The van der Waals surface area contributed by atoms with Crippen LogP contribution < -0.4 is 14.4 Å². The number of carbonyl (C=O) groups excluding carboxylic acids is 1. The molecular formula is C45H48ClN7O8S. The minimum absolute atomic E-state index is 0.164. The van der Waals surface area contributed by atoms with Crippen LogP contribution >= 0.6 is 11.6 Å². The SMILES string of the molecule is O=C(NS(=O)(=O)c1ccc(CC[C@H]2COCCO2)c([N+](=O)[O-])c1)c1cc(N2CCN(CC3=C(c4ccc(Cl)cc4)CC4(CCC4)CC3)CC2)c(Oc2cnc3[nH]ccc3c2)cn1. The van der Waals surface area contributed by atoms with Crippen LogP contribution in [0.2, 0.25) is 5.02 Å². The van der Waals surface area contributed by atoms with Crippen molar-refractivity contribution in [1.82, 2.24) is 24.6 Å². The Hall–Kier alpha value is -5.39. The normalized spacial score (nSPS) is 19.4. The first-order chi connectivity index (χ1) is 30.0. The first-order valence-electron chi connectivity index (χ1n) is 21.1. The molecule has 324 valence electrons. The van der Waals surface area contributed by atoms with Gasteiger partial charge in [-0.25, -0.2) is 23.1 Å². The number of nitrogens with zero attached hydrogens (tertiary/aromatic N) is 5. The van der Waals surface area contributed by atoms with E-state index in [1.54, 1.807) is 12.4 Å². The second-order valence-corrected chi connectivity index (χ2v) is 18.8. The maximum atomic E-state index is 13.7. The number of nitro benzene ring substituents is 1. The lowest BCUT2D eigenvalue weighted by Gasteiger charge is -2.47. The summed E-state index contributed by atoms with van der Waals surface area (Å²) in [5.74, 6) is -0.153. The van der Waals surface area contributed by atoms with Gasteiger partial charge in [0.2, 0.25) is 0 Å². The van der Waals surface area contributed by atoms with Gasteiger partial charge in [0.05, 0.1) is 53.8 Å². The predicted molar refractivity (Wildman–Crippen MR) is 234 cm³/mol. The number of sulfonamides is 1. The van der Waals surface area contributed by atoms with Crippen LogP contribution in [0, 0.1) is 15.5 Å². The average molecular weight is 882 g/mol. The molecule has 1 spiro atoms. The van der Waals surface area contributed by atoms with Crippen molar-refractivity contribution in [2.24, 2.45) is 5.41 Å². The zero-order valence-electron chi connectivity index (χ0n) is 34.2. The second-order valence-electron chi connectivity index (χ2n) is 16.7. The number of piperazine rings is 1. The van der Waals surface area contributed by atoms with Crippen LogP contribution in [0.5, 0.6) is 11.5 Å². The van der Waals surface area contributed by atoms with E-state index >= 15 is 0 Å². The van der Waals surface area contributed by atoms with Gasteiger partial charge in [-0.15, -0.1) is 0 Å². The largest absolute Gasteiger partial charge is 0.452 e. The highest BCUT2D eigenvalue weighted by Crippen LogP contribution is 2.55. The lowest BCUT2D eigenvalue weighted by molar-refractivity contribution is -0.385. The molecular weight excluding hydrogens is 834 g/mol. The number of H-pyrrole nitrogens is 1. The number of carbonyl (C=O) groups is 1. The molecule has 3 fully saturated rings. The summed E-state index contributed by atoms with van der Waals surface area (Å²) in [6, 6.07) is 17.1. The number of aromatic nitrogens is 3. The fourth-order valence-electron chi connectivity index (χ4n) is 9.14. The van der Waals surface area contributed by atoms with Gasteiger partial charge in [-0.05, 0) is 97.9 Å². The summed E-state index contributed by atoms with van der Waals surface area (Å²) in [4.78, 5) is 41.2. The van der Waals surface area contributed by atoms with Crippen LogP contribution in [-0.2, 0) is 25.9 Å². The molecule has 5 aromatic rings. The number of allylic oxidation sites excluding steroid dienone is 1. The van der Waals surface area contributed by atoms with Gasteiger partial charge in [0.1, 0.15) is 17.1 Å². The monoisotopic (exact) mass is 881 g/mol. The van der Waals surface area contributed by atoms with Crippen molar-refractivity contribution in [3.8, 4) is 11.5 Å². The topological polar surface area (TPSA) is 182 Å². The van der Waals surface area contributed by atoms with E-state index in [0.717, 1.165) is 49.0 Å². The second kappa shape index (κ2) is 17.8. The maximum absolute atomic E-state index is 13.7. The summed E-state index contributed by atoms with van der Waals surface area (Å²) in [6.45, 7) is 4.89. The van der Waals surface area contributed by atoms with Crippen LogP contribution in [0.15, 0.2) is 89.7 Å². The minimum Gasteiger partial charge on any atom is -0.452 e. The quantitative estimate of drug-likeness (QED) is 0.0870. The van der Waals surface area contributed by atoms with Gasteiger partial charge < -0.3 is 24.1 Å². The van der Waals surface area contributed by atoms with Gasteiger partial charge >= 0.3 is 0 Å². The molecule has 4 aliphatic rings. The molecule has 2 N–H and O–H groups in total. The van der Waals surface area contributed by atoms with Crippen LogP contribution in [-0.4, -0.2) is 97.7 Å². The van der Waals surface area contributed by atoms with Crippen LogP contribution in [0.1, 0.15) is 66.6 Å². The summed E-state index contributed by atoms with van der Waals surface area (Å²) in [6.07, 6.45) is 12.6. The van der Waals surface area contributed by atoms with Crippen molar-refractivity contribution >= 4 is 55.5 Å². The third kappa shape index (κ3) is 9.20. The third-order valence-corrected chi connectivity index (χ3v) is 14.3. The number of aryl methyl sites for hydroxylation is 1. The van der Waals surface area contributed by atoms with E-state index in [2.05, 4.69) is 41.6 Å². The molecule has 2 aliphatic carbocycles. The Bertz CT molecular complexity index is 2620. The molecule has 9 rings (SSSR count). The van der Waals surface area contributed by atoms with Gasteiger partial charge in [0.25, 0.3) is 21.6 Å². The Kier molecular flexibility index (Phi) is 12.0. The summed E-state index contributed by atoms with van der Waals surface area (Å²) < 4.78 is 46.7. The maximum Gasteiger partial charge on any atom is 0.283 e. The first kappa shape index (κ1) is 41.9. The van der Waals surface area contributed by atoms with Crippen molar-refractivity contribution in [3.05, 3.63) is 117 Å². The molecule has 3 aromatic heterocycles. The molecule has 2 saturated heterocycles. The Morgan fingerprint density at radius 3 is 2.58 bits per heavy atom. The third-order valence-electron chi connectivity index (χ3n) is 12.8. The van der Waals surface area contributed by atoms with Gasteiger partial charge in [-0.3, -0.25) is 19.8 Å². The van der Waals surface area contributed by atoms with E-state index < -0.39 is 25.7 Å². The summed E-state index contributed by atoms with van der Waals surface area (Å²) in [5.41, 5.74) is 5.68. The molecule has 1 saturated carbocycles. The molecule has 1 atom stereocenters. The average Bonchev–Trinajstić information content (AvgIpc) is 3.74. The summed E-state index contributed by atoms with van der Waals surface area (Å²) >= 11 is 6.28. The molecule has 0 unspecified atom stereocenters. The molecule has 2 aromatic carbocycles. The van der Waals surface area contributed by atoms with Crippen molar-refractivity contribution in [3.63, 3.8) is 0 Å². The van der Waals surface area contributed by atoms with Crippen molar-refractivity contribution in [2.75, 3.05) is 57.4 Å². The molecule has 17 heteroatoms. The number of pyridine rings is 2. The Morgan fingerprint density at radius 1 is 1.02 bits per heavy atom. The summed E-state index contributed by atoms with van der Waals surface area (Å²) in [5, 5.41) is 13.6. The molecule has 5 heterocycles. The van der Waals surface area contributed by atoms with Gasteiger partial charge in [-0.1, -0.05) is 41.8 Å². The number of fused-ring (bicyclic) bond motifs is 1. The van der Waals surface area contributed by atoms with Gasteiger partial charge in [-0.2, -0.15) is 0 Å². The first-order valence-corrected chi connectivity index (χ1v) is 23.0. The lowest BCUT2D eigenvalue weighted by Crippen LogP contribution is -2.47. The molecule has 15 nitrogen and oxygen atoms in total. The number of hydrogen-bond donors (Lipinski definition) is 2. The zero-order chi connectivity index (χ0) is 42.8. The smallest absolute Gasteiger partial charge is 0.283 e. The van der Waals surface area contributed by atoms with Crippen molar-refractivity contribution in [2.45, 2.75) is 62.4 Å². The number of benzene rings is 2. The number of amides is 1. The van der Waals surface area contributed by atoms with E-state index in [1.165, 1.54) is 66.8 Å². The Morgan fingerprint density at radius 2 is 1.84 bits per heavy atom. The fourth-order valence-corrected chi connectivity index (χ4v) is 10.2. The Balaban J connectivity index is 0.936.